The number of hydrogen-bond donors (Lipinski definition) is 1. The van der Waals surface area contributed by atoms with Crippen LogP contribution in [-0.4, -0.2) is 33.9 Å². The monoisotopic (exact) mass is 497 g/mol. The van der Waals surface area contributed by atoms with E-state index in [2.05, 4.69) is 9.82 Å². The minimum absolute atomic E-state index is 0.0588. The van der Waals surface area contributed by atoms with Crippen LogP contribution in [0, 0.1) is 12.8 Å². The summed E-state index contributed by atoms with van der Waals surface area (Å²) in [5.41, 5.74) is 1.63. The zero-order valence-electron chi connectivity index (χ0n) is 20.0. The summed E-state index contributed by atoms with van der Waals surface area (Å²) in [5.74, 6) is 2.02. The summed E-state index contributed by atoms with van der Waals surface area (Å²) in [5, 5.41) is 4.04. The van der Waals surface area contributed by atoms with Gasteiger partial charge in [-0.1, -0.05) is 6.07 Å². The molecule has 0 unspecified atom stereocenters. The molecule has 0 atom stereocenters. The van der Waals surface area contributed by atoms with Gasteiger partial charge in [0, 0.05) is 33.3 Å². The van der Waals surface area contributed by atoms with Crippen LogP contribution in [-0.2, 0) is 31.2 Å². The molecule has 0 radical (unpaired) electrons. The number of anilines is 1. The van der Waals surface area contributed by atoms with E-state index in [1.54, 1.807) is 52.3 Å². The largest absolute Gasteiger partial charge is 0.493 e. The van der Waals surface area contributed by atoms with Crippen molar-refractivity contribution in [2.75, 3.05) is 11.3 Å². The third-order valence-electron chi connectivity index (χ3n) is 6.31. The van der Waals surface area contributed by atoms with Crippen LogP contribution in [0.5, 0.6) is 17.2 Å². The average Bonchev–Trinajstić information content (AvgIpc) is 3.56. The van der Waals surface area contributed by atoms with Crippen molar-refractivity contribution in [2.45, 2.75) is 24.7 Å². The van der Waals surface area contributed by atoms with Gasteiger partial charge in [0.15, 0.2) is 5.75 Å². The molecule has 4 aromatic rings. The SMILES string of the molecule is Cc1c(S(=O)(=O)Nc2cc3c(cc2Oc2cccc(OCC4CC4)c2)n(C)c(=O)n3C)cnn1C. The molecule has 1 aliphatic rings. The topological polar surface area (TPSA) is 109 Å². The first-order valence-electron chi connectivity index (χ1n) is 11.3. The minimum atomic E-state index is -3.97. The van der Waals surface area contributed by atoms with Gasteiger partial charge in [0.05, 0.1) is 35.2 Å². The van der Waals surface area contributed by atoms with Crippen molar-refractivity contribution in [3.63, 3.8) is 0 Å². The van der Waals surface area contributed by atoms with Crippen molar-refractivity contribution in [3.05, 3.63) is 58.8 Å². The molecule has 1 saturated carbocycles. The Balaban J connectivity index is 1.56. The van der Waals surface area contributed by atoms with Crippen LogP contribution in [0.4, 0.5) is 5.69 Å². The maximum atomic E-state index is 13.2. The van der Waals surface area contributed by atoms with E-state index in [1.165, 1.54) is 32.9 Å². The first-order chi connectivity index (χ1) is 16.6. The number of fused-ring (bicyclic) bond motifs is 1. The van der Waals surface area contributed by atoms with E-state index in [0.717, 1.165) is 0 Å². The van der Waals surface area contributed by atoms with E-state index in [-0.39, 0.29) is 22.0 Å². The fourth-order valence-corrected chi connectivity index (χ4v) is 5.15. The highest BCUT2D eigenvalue weighted by molar-refractivity contribution is 7.92. The molecular formula is C24H27N5O5S. The predicted octanol–water partition coefficient (Wildman–Crippen LogP) is 3.30. The summed E-state index contributed by atoms with van der Waals surface area (Å²) in [7, 11) is 0.990. The molecule has 0 spiro atoms. The van der Waals surface area contributed by atoms with E-state index in [0.29, 0.717) is 40.8 Å². The number of nitrogens with zero attached hydrogens (tertiary/aromatic N) is 4. The summed E-state index contributed by atoms with van der Waals surface area (Å²) in [6, 6.07) is 10.5. The van der Waals surface area contributed by atoms with Crippen molar-refractivity contribution >= 4 is 26.7 Å². The average molecular weight is 498 g/mol. The van der Waals surface area contributed by atoms with Gasteiger partial charge in [0.1, 0.15) is 16.4 Å². The lowest BCUT2D eigenvalue weighted by atomic mass is 10.2. The molecule has 10 nitrogen and oxygen atoms in total. The lowest BCUT2D eigenvalue weighted by Crippen LogP contribution is -2.19. The molecule has 0 saturated heterocycles. The Bertz CT molecular complexity index is 1590. The Morgan fingerprint density at radius 2 is 1.74 bits per heavy atom. The molecular weight excluding hydrogens is 470 g/mol. The number of aryl methyl sites for hydroxylation is 3. The molecule has 5 rings (SSSR count). The van der Waals surface area contributed by atoms with Crippen LogP contribution in [0.1, 0.15) is 18.5 Å². The first-order valence-corrected chi connectivity index (χ1v) is 12.7. The highest BCUT2D eigenvalue weighted by Gasteiger charge is 2.24. The lowest BCUT2D eigenvalue weighted by molar-refractivity contribution is 0.298. The molecule has 1 aliphatic carbocycles. The van der Waals surface area contributed by atoms with Gasteiger partial charge in [-0.05, 0) is 43.9 Å². The second-order valence-corrected chi connectivity index (χ2v) is 10.5. The first kappa shape index (κ1) is 23.0. The Labute approximate surface area is 202 Å². The predicted molar refractivity (Wildman–Crippen MR) is 132 cm³/mol. The van der Waals surface area contributed by atoms with E-state index >= 15 is 0 Å². The molecule has 0 amide bonds. The number of sulfonamides is 1. The van der Waals surface area contributed by atoms with E-state index in [4.69, 9.17) is 9.47 Å². The fourth-order valence-electron chi connectivity index (χ4n) is 3.89. The van der Waals surface area contributed by atoms with Crippen molar-refractivity contribution in [1.82, 2.24) is 18.9 Å². The number of imidazole rings is 1. The number of ether oxygens (including phenoxy) is 2. The highest BCUT2D eigenvalue weighted by atomic mass is 32.2. The maximum Gasteiger partial charge on any atom is 0.328 e. The summed E-state index contributed by atoms with van der Waals surface area (Å²) in [6.45, 7) is 2.34. The lowest BCUT2D eigenvalue weighted by Gasteiger charge is -2.15. The number of benzene rings is 2. The van der Waals surface area contributed by atoms with Gasteiger partial charge in [-0.2, -0.15) is 5.10 Å². The molecule has 35 heavy (non-hydrogen) atoms. The van der Waals surface area contributed by atoms with Gasteiger partial charge in [0.25, 0.3) is 10.0 Å². The van der Waals surface area contributed by atoms with Crippen molar-refractivity contribution in [1.29, 1.82) is 0 Å². The maximum absolute atomic E-state index is 13.2. The number of aromatic nitrogens is 4. The zero-order valence-corrected chi connectivity index (χ0v) is 20.8. The molecule has 1 N–H and O–H groups in total. The Morgan fingerprint density at radius 3 is 2.40 bits per heavy atom. The number of hydrogen-bond acceptors (Lipinski definition) is 6. The van der Waals surface area contributed by atoms with Gasteiger partial charge in [-0.3, -0.25) is 18.5 Å². The van der Waals surface area contributed by atoms with Gasteiger partial charge >= 0.3 is 5.69 Å². The van der Waals surface area contributed by atoms with Crippen molar-refractivity contribution in [2.24, 2.45) is 27.1 Å². The van der Waals surface area contributed by atoms with E-state index < -0.39 is 10.0 Å². The zero-order chi connectivity index (χ0) is 24.9. The quantitative estimate of drug-likeness (QED) is 0.400. The van der Waals surface area contributed by atoms with E-state index in [1.807, 2.05) is 12.1 Å². The standard InChI is InChI=1S/C24H27N5O5S/c1-15-23(13-25-29(15)4)35(31,32)26-19-11-20-21(28(3)24(30)27(20)2)12-22(19)34-18-7-5-6-17(10-18)33-14-16-8-9-16/h5-7,10-13,16,26H,8-9,14H2,1-4H3. The second kappa shape index (κ2) is 8.49. The van der Waals surface area contributed by atoms with Crippen LogP contribution in [0.25, 0.3) is 11.0 Å². The molecule has 0 bridgehead atoms. The molecule has 0 aliphatic heterocycles. The third kappa shape index (κ3) is 4.39. The van der Waals surface area contributed by atoms with Crippen LogP contribution in [0.15, 0.2) is 52.3 Å². The van der Waals surface area contributed by atoms with Gasteiger partial charge in [-0.15, -0.1) is 0 Å². The normalized spacial score (nSPS) is 13.8. The molecule has 11 heteroatoms. The van der Waals surface area contributed by atoms with Crippen LogP contribution in [0.3, 0.4) is 0 Å². The van der Waals surface area contributed by atoms with Gasteiger partial charge < -0.3 is 9.47 Å². The second-order valence-electron chi connectivity index (χ2n) is 8.89. The summed E-state index contributed by atoms with van der Waals surface area (Å²) in [6.07, 6.45) is 3.67. The Hall–Kier alpha value is -3.73. The molecule has 2 aromatic carbocycles. The third-order valence-corrected chi connectivity index (χ3v) is 7.78. The van der Waals surface area contributed by atoms with Crippen molar-refractivity contribution < 1.29 is 17.9 Å². The van der Waals surface area contributed by atoms with Gasteiger partial charge in [-0.25, -0.2) is 13.2 Å². The number of nitrogens with one attached hydrogen (secondary N) is 1. The fraction of sp³-hybridized carbons (Fsp3) is 0.333. The number of rotatable bonds is 8. The van der Waals surface area contributed by atoms with Gasteiger partial charge in [0.2, 0.25) is 0 Å². The smallest absolute Gasteiger partial charge is 0.328 e. The van der Waals surface area contributed by atoms with Crippen LogP contribution < -0.4 is 19.9 Å². The molecule has 184 valence electrons. The van der Waals surface area contributed by atoms with Crippen LogP contribution >= 0.6 is 0 Å². The highest BCUT2D eigenvalue weighted by Crippen LogP contribution is 2.36. The van der Waals surface area contributed by atoms with E-state index in [9.17, 15) is 13.2 Å². The summed E-state index contributed by atoms with van der Waals surface area (Å²) < 4.78 is 45.5. The Morgan fingerprint density at radius 1 is 1.06 bits per heavy atom. The molecule has 2 aromatic heterocycles. The minimum Gasteiger partial charge on any atom is -0.493 e. The molecule has 2 heterocycles. The van der Waals surface area contributed by atoms with Crippen LogP contribution in [0.2, 0.25) is 0 Å². The summed E-state index contributed by atoms with van der Waals surface area (Å²) in [4.78, 5) is 12.6. The van der Waals surface area contributed by atoms with Crippen molar-refractivity contribution in [3.8, 4) is 17.2 Å². The Kier molecular flexibility index (Phi) is 5.59. The molecule has 1 fully saturated rings. The summed E-state index contributed by atoms with van der Waals surface area (Å²) >= 11 is 0.